The van der Waals surface area contributed by atoms with E-state index in [1.165, 1.54) is 0 Å². The Balaban J connectivity index is 1.57. The van der Waals surface area contributed by atoms with Crippen LogP contribution in [-0.2, 0) is 9.53 Å². The minimum Gasteiger partial charge on any atom is -0.374 e. The Morgan fingerprint density at radius 3 is 2.96 bits per heavy atom. The molecule has 1 aromatic rings. The highest BCUT2D eigenvalue weighted by Gasteiger charge is 2.36. The van der Waals surface area contributed by atoms with Crippen LogP contribution in [0, 0.1) is 0 Å². The molecule has 2 aliphatic rings. The smallest absolute Gasteiger partial charge is 0.251 e. The van der Waals surface area contributed by atoms with E-state index in [4.69, 9.17) is 16.3 Å². The Morgan fingerprint density at radius 1 is 1.30 bits per heavy atom. The van der Waals surface area contributed by atoms with Crippen molar-refractivity contribution in [2.75, 3.05) is 19.7 Å². The second-order valence-corrected chi connectivity index (χ2v) is 6.48. The standard InChI is InChI=1S/C17H21ClN2O3/c18-13-5-3-4-12(10-13)17(22)19-11-16(21)20-8-9-23-15-7-2-1-6-14(15)20/h3-5,10,14-15H,1-2,6-9,11H2,(H,19,22). The second kappa shape index (κ2) is 7.32. The van der Waals surface area contributed by atoms with Crippen molar-refractivity contribution in [1.29, 1.82) is 0 Å². The zero-order valence-electron chi connectivity index (χ0n) is 13.0. The van der Waals surface area contributed by atoms with E-state index in [1.54, 1.807) is 24.3 Å². The SMILES string of the molecule is O=C(NCC(=O)N1CCOC2CCCCC21)c1cccc(Cl)c1. The molecule has 3 rings (SSSR count). The fourth-order valence-corrected chi connectivity index (χ4v) is 3.59. The molecule has 5 nitrogen and oxygen atoms in total. The van der Waals surface area contributed by atoms with Gasteiger partial charge in [0.05, 0.1) is 25.3 Å². The van der Waals surface area contributed by atoms with E-state index < -0.39 is 0 Å². The number of fused-ring (bicyclic) bond motifs is 1. The molecular formula is C17H21ClN2O3. The lowest BCUT2D eigenvalue weighted by molar-refractivity contribution is -0.148. The van der Waals surface area contributed by atoms with Crippen molar-refractivity contribution >= 4 is 23.4 Å². The first kappa shape index (κ1) is 16.3. The molecule has 1 aliphatic heterocycles. The van der Waals surface area contributed by atoms with Crippen LogP contribution in [0.4, 0.5) is 0 Å². The monoisotopic (exact) mass is 336 g/mol. The second-order valence-electron chi connectivity index (χ2n) is 6.04. The molecule has 2 atom stereocenters. The molecule has 2 unspecified atom stereocenters. The van der Waals surface area contributed by atoms with Gasteiger partial charge in [0.25, 0.3) is 5.91 Å². The van der Waals surface area contributed by atoms with Crippen molar-refractivity contribution in [3.05, 3.63) is 34.9 Å². The number of hydrogen-bond donors (Lipinski definition) is 1. The number of carbonyl (C=O) groups is 2. The van der Waals surface area contributed by atoms with Crippen LogP contribution < -0.4 is 5.32 Å². The first-order valence-corrected chi connectivity index (χ1v) is 8.48. The highest BCUT2D eigenvalue weighted by Crippen LogP contribution is 2.28. The Kier molecular flexibility index (Phi) is 5.18. The van der Waals surface area contributed by atoms with Gasteiger partial charge < -0.3 is 15.0 Å². The lowest BCUT2D eigenvalue weighted by Gasteiger charge is -2.43. The van der Waals surface area contributed by atoms with Crippen LogP contribution >= 0.6 is 11.6 Å². The Labute approximate surface area is 140 Å². The van der Waals surface area contributed by atoms with Gasteiger partial charge in [0, 0.05) is 17.1 Å². The number of halogens is 1. The zero-order chi connectivity index (χ0) is 16.2. The third-order valence-electron chi connectivity index (χ3n) is 4.54. The van der Waals surface area contributed by atoms with Crippen LogP contribution in [0.15, 0.2) is 24.3 Å². The topological polar surface area (TPSA) is 58.6 Å². The first-order valence-electron chi connectivity index (χ1n) is 8.10. The van der Waals surface area contributed by atoms with Gasteiger partial charge in [0.1, 0.15) is 0 Å². The number of rotatable bonds is 3. The van der Waals surface area contributed by atoms with E-state index in [2.05, 4.69) is 5.32 Å². The van der Waals surface area contributed by atoms with Crippen LogP contribution in [0.2, 0.25) is 5.02 Å². The normalized spacial score (nSPS) is 24.0. The minimum atomic E-state index is -0.283. The summed E-state index contributed by atoms with van der Waals surface area (Å²) >= 11 is 5.88. The van der Waals surface area contributed by atoms with Crippen LogP contribution in [0.1, 0.15) is 36.0 Å². The molecule has 1 saturated heterocycles. The Morgan fingerprint density at radius 2 is 2.13 bits per heavy atom. The van der Waals surface area contributed by atoms with Gasteiger partial charge in [-0.15, -0.1) is 0 Å². The average Bonchev–Trinajstić information content (AvgIpc) is 2.59. The van der Waals surface area contributed by atoms with Crippen LogP contribution in [0.3, 0.4) is 0 Å². The number of benzene rings is 1. The van der Waals surface area contributed by atoms with Crippen molar-refractivity contribution in [3.8, 4) is 0 Å². The van der Waals surface area contributed by atoms with E-state index >= 15 is 0 Å². The molecule has 1 saturated carbocycles. The first-order chi connectivity index (χ1) is 11.1. The molecule has 1 aromatic carbocycles. The maximum Gasteiger partial charge on any atom is 0.251 e. The molecular weight excluding hydrogens is 316 g/mol. The summed E-state index contributed by atoms with van der Waals surface area (Å²) in [5.74, 6) is -0.324. The van der Waals surface area contributed by atoms with E-state index in [-0.39, 0.29) is 30.5 Å². The van der Waals surface area contributed by atoms with Crippen LogP contribution in [0.5, 0.6) is 0 Å². The van der Waals surface area contributed by atoms with E-state index in [0.29, 0.717) is 23.7 Å². The summed E-state index contributed by atoms with van der Waals surface area (Å²) in [7, 11) is 0. The fraction of sp³-hybridized carbons (Fsp3) is 0.529. The summed E-state index contributed by atoms with van der Waals surface area (Å²) in [4.78, 5) is 26.5. The lowest BCUT2D eigenvalue weighted by atomic mass is 9.90. The number of nitrogens with zero attached hydrogens (tertiary/aromatic N) is 1. The molecule has 0 radical (unpaired) electrons. The summed E-state index contributed by atoms with van der Waals surface area (Å²) in [6, 6.07) is 6.85. The van der Waals surface area contributed by atoms with Gasteiger partial charge >= 0.3 is 0 Å². The molecule has 1 N–H and O–H groups in total. The maximum absolute atomic E-state index is 12.5. The molecule has 1 heterocycles. The number of hydrogen-bond acceptors (Lipinski definition) is 3. The third kappa shape index (κ3) is 3.85. The van der Waals surface area contributed by atoms with Crippen molar-refractivity contribution in [2.24, 2.45) is 0 Å². The molecule has 124 valence electrons. The van der Waals surface area contributed by atoms with Crippen molar-refractivity contribution in [3.63, 3.8) is 0 Å². The highest BCUT2D eigenvalue weighted by atomic mass is 35.5. The molecule has 2 fully saturated rings. The number of morpholine rings is 1. The summed E-state index contributed by atoms with van der Waals surface area (Å²) in [5.41, 5.74) is 0.461. The van der Waals surface area contributed by atoms with Crippen molar-refractivity contribution < 1.29 is 14.3 Å². The Hall–Kier alpha value is -1.59. The summed E-state index contributed by atoms with van der Waals surface area (Å²) in [6.07, 6.45) is 4.45. The molecule has 0 bridgehead atoms. The van der Waals surface area contributed by atoms with Crippen molar-refractivity contribution in [2.45, 2.75) is 37.8 Å². The quantitative estimate of drug-likeness (QED) is 0.921. The molecule has 1 aliphatic carbocycles. The number of amides is 2. The largest absolute Gasteiger partial charge is 0.374 e. The number of nitrogens with one attached hydrogen (secondary N) is 1. The summed E-state index contributed by atoms with van der Waals surface area (Å²) in [5, 5.41) is 3.19. The summed E-state index contributed by atoms with van der Waals surface area (Å²) in [6.45, 7) is 1.19. The van der Waals surface area contributed by atoms with Crippen molar-refractivity contribution in [1.82, 2.24) is 10.2 Å². The van der Waals surface area contributed by atoms with Gasteiger partial charge in [-0.1, -0.05) is 30.5 Å². The van der Waals surface area contributed by atoms with Gasteiger partial charge in [0.2, 0.25) is 5.91 Å². The van der Waals surface area contributed by atoms with Gasteiger partial charge in [-0.25, -0.2) is 0 Å². The van der Waals surface area contributed by atoms with Gasteiger partial charge in [0.15, 0.2) is 0 Å². The molecule has 6 heteroatoms. The zero-order valence-corrected chi connectivity index (χ0v) is 13.7. The maximum atomic E-state index is 12.5. The van der Waals surface area contributed by atoms with Gasteiger partial charge in [-0.3, -0.25) is 9.59 Å². The van der Waals surface area contributed by atoms with Gasteiger partial charge in [-0.05, 0) is 31.0 Å². The minimum absolute atomic E-state index is 0.00850. The number of ether oxygens (including phenoxy) is 1. The van der Waals surface area contributed by atoms with Crippen LogP contribution in [0.25, 0.3) is 0 Å². The predicted molar refractivity (Wildman–Crippen MR) is 87.5 cm³/mol. The number of carbonyl (C=O) groups excluding carboxylic acids is 2. The average molecular weight is 337 g/mol. The fourth-order valence-electron chi connectivity index (χ4n) is 3.40. The molecule has 23 heavy (non-hydrogen) atoms. The van der Waals surface area contributed by atoms with E-state index in [9.17, 15) is 9.59 Å². The highest BCUT2D eigenvalue weighted by molar-refractivity contribution is 6.30. The molecule has 0 aromatic heterocycles. The Bertz CT molecular complexity index is 591. The third-order valence-corrected chi connectivity index (χ3v) is 4.77. The van der Waals surface area contributed by atoms with E-state index in [0.717, 1.165) is 25.7 Å². The lowest BCUT2D eigenvalue weighted by Crippen LogP contribution is -2.56. The summed E-state index contributed by atoms with van der Waals surface area (Å²) < 4.78 is 5.77. The van der Waals surface area contributed by atoms with Crippen LogP contribution in [-0.4, -0.2) is 48.6 Å². The van der Waals surface area contributed by atoms with Gasteiger partial charge in [-0.2, -0.15) is 0 Å². The predicted octanol–water partition coefficient (Wildman–Crippen LogP) is 2.24. The molecule has 2 amide bonds. The molecule has 0 spiro atoms. The van der Waals surface area contributed by atoms with E-state index in [1.807, 2.05) is 4.90 Å².